The van der Waals surface area contributed by atoms with Crippen LogP contribution in [0, 0.1) is 0 Å². The summed E-state index contributed by atoms with van der Waals surface area (Å²) in [5.41, 5.74) is 0. The van der Waals surface area contributed by atoms with Crippen LogP contribution in [0.1, 0.15) is 19.8 Å². The Bertz CT molecular complexity index is 161. The van der Waals surface area contributed by atoms with Gasteiger partial charge in [0.2, 0.25) is 0 Å². The first kappa shape index (κ1) is 7.32. The monoisotopic (exact) mass is 154 g/mol. The smallest absolute Gasteiger partial charge is 0.0837 e. The molecule has 2 aliphatic heterocycles. The fraction of sp³-hybridized carbons (Fsp3) is 0.778. The molecule has 0 amide bonds. The van der Waals surface area contributed by atoms with Crippen LogP contribution >= 0.6 is 0 Å². The molecular formula is C9H14O2. The van der Waals surface area contributed by atoms with Crippen LogP contribution in [0.2, 0.25) is 0 Å². The van der Waals surface area contributed by atoms with Crippen LogP contribution in [0.4, 0.5) is 0 Å². The fourth-order valence-corrected chi connectivity index (χ4v) is 1.42. The Labute approximate surface area is 67.2 Å². The van der Waals surface area contributed by atoms with Crippen molar-refractivity contribution in [2.24, 2.45) is 0 Å². The number of rotatable bonds is 2. The van der Waals surface area contributed by atoms with Crippen molar-refractivity contribution >= 4 is 0 Å². The molecule has 0 bridgehead atoms. The first-order valence-corrected chi connectivity index (χ1v) is 4.28. The van der Waals surface area contributed by atoms with Crippen LogP contribution < -0.4 is 0 Å². The highest BCUT2D eigenvalue weighted by Gasteiger charge is 2.27. The molecule has 0 unspecified atom stereocenters. The molecule has 0 aliphatic carbocycles. The van der Waals surface area contributed by atoms with Gasteiger partial charge in [-0.1, -0.05) is 12.2 Å². The van der Waals surface area contributed by atoms with E-state index in [1.54, 1.807) is 0 Å². The largest absolute Gasteiger partial charge is 0.373 e. The maximum Gasteiger partial charge on any atom is 0.0837 e. The van der Waals surface area contributed by atoms with Gasteiger partial charge in [-0.05, 0) is 13.3 Å². The van der Waals surface area contributed by atoms with Gasteiger partial charge in [0.25, 0.3) is 0 Å². The Balaban J connectivity index is 1.82. The molecule has 3 atom stereocenters. The molecule has 2 heterocycles. The summed E-state index contributed by atoms with van der Waals surface area (Å²) in [6.45, 7) is 3.05. The van der Waals surface area contributed by atoms with Crippen molar-refractivity contribution in [2.45, 2.75) is 38.1 Å². The highest BCUT2D eigenvalue weighted by atomic mass is 16.6. The normalized spacial score (nSPS) is 42.5. The molecule has 0 aromatic rings. The first-order chi connectivity index (χ1) is 5.34. The molecule has 0 N–H and O–H groups in total. The Kier molecular flexibility index (Phi) is 1.96. The molecule has 2 nitrogen and oxygen atoms in total. The third kappa shape index (κ3) is 2.04. The maximum atomic E-state index is 5.67. The minimum Gasteiger partial charge on any atom is -0.373 e. The molecule has 0 radical (unpaired) electrons. The van der Waals surface area contributed by atoms with Gasteiger partial charge in [0, 0.05) is 6.42 Å². The third-order valence-corrected chi connectivity index (χ3v) is 2.12. The van der Waals surface area contributed by atoms with E-state index in [0.717, 1.165) is 19.4 Å². The van der Waals surface area contributed by atoms with E-state index in [-0.39, 0.29) is 0 Å². The van der Waals surface area contributed by atoms with Crippen LogP contribution in [0.5, 0.6) is 0 Å². The summed E-state index contributed by atoms with van der Waals surface area (Å²) in [7, 11) is 0. The van der Waals surface area contributed by atoms with E-state index in [0.29, 0.717) is 18.3 Å². The minimum atomic E-state index is 0.311. The Morgan fingerprint density at radius 3 is 3.00 bits per heavy atom. The van der Waals surface area contributed by atoms with Crippen molar-refractivity contribution in [2.75, 3.05) is 6.61 Å². The average Bonchev–Trinajstić information content (AvgIpc) is 2.71. The van der Waals surface area contributed by atoms with Gasteiger partial charge in [0.1, 0.15) is 0 Å². The van der Waals surface area contributed by atoms with Crippen molar-refractivity contribution in [3.05, 3.63) is 12.2 Å². The van der Waals surface area contributed by atoms with Gasteiger partial charge in [-0.2, -0.15) is 0 Å². The Hall–Kier alpha value is -0.340. The van der Waals surface area contributed by atoms with Crippen LogP contribution in [0.25, 0.3) is 0 Å². The first-order valence-electron chi connectivity index (χ1n) is 4.28. The lowest BCUT2D eigenvalue weighted by Gasteiger charge is -2.22. The molecule has 62 valence electrons. The minimum absolute atomic E-state index is 0.311. The summed E-state index contributed by atoms with van der Waals surface area (Å²) >= 11 is 0. The van der Waals surface area contributed by atoms with Gasteiger partial charge in [-0.15, -0.1) is 0 Å². The molecule has 11 heavy (non-hydrogen) atoms. The predicted octanol–water partition coefficient (Wildman–Crippen LogP) is 1.51. The van der Waals surface area contributed by atoms with Crippen LogP contribution in [-0.4, -0.2) is 24.9 Å². The van der Waals surface area contributed by atoms with Gasteiger partial charge in [0.15, 0.2) is 0 Å². The van der Waals surface area contributed by atoms with Gasteiger partial charge < -0.3 is 9.47 Å². The Morgan fingerprint density at radius 1 is 1.55 bits per heavy atom. The molecule has 1 saturated heterocycles. The predicted molar refractivity (Wildman–Crippen MR) is 42.4 cm³/mol. The van der Waals surface area contributed by atoms with E-state index in [1.807, 2.05) is 0 Å². The van der Waals surface area contributed by atoms with Crippen LogP contribution in [-0.2, 0) is 9.47 Å². The van der Waals surface area contributed by atoms with Crippen molar-refractivity contribution < 1.29 is 9.47 Å². The topological polar surface area (TPSA) is 21.8 Å². The average molecular weight is 154 g/mol. The van der Waals surface area contributed by atoms with Gasteiger partial charge in [-0.3, -0.25) is 0 Å². The van der Waals surface area contributed by atoms with Gasteiger partial charge >= 0.3 is 0 Å². The second-order valence-electron chi connectivity index (χ2n) is 3.34. The molecule has 2 aliphatic rings. The van der Waals surface area contributed by atoms with Gasteiger partial charge in [-0.25, -0.2) is 0 Å². The second kappa shape index (κ2) is 2.95. The lowest BCUT2D eigenvalue weighted by molar-refractivity contribution is 0.0100. The molecule has 0 aromatic heterocycles. The van der Waals surface area contributed by atoms with Crippen molar-refractivity contribution in [3.63, 3.8) is 0 Å². The molecule has 1 fully saturated rings. The van der Waals surface area contributed by atoms with Crippen molar-refractivity contribution in [1.82, 2.24) is 0 Å². The molecule has 0 aromatic carbocycles. The Morgan fingerprint density at radius 2 is 2.36 bits per heavy atom. The zero-order valence-electron chi connectivity index (χ0n) is 6.82. The van der Waals surface area contributed by atoms with Gasteiger partial charge in [0.05, 0.1) is 24.9 Å². The van der Waals surface area contributed by atoms with Crippen molar-refractivity contribution in [3.8, 4) is 0 Å². The molecule has 0 spiro atoms. The summed E-state index contributed by atoms with van der Waals surface area (Å²) in [5, 5.41) is 0. The molecule has 0 saturated carbocycles. The quantitative estimate of drug-likeness (QED) is 0.444. The van der Waals surface area contributed by atoms with Crippen molar-refractivity contribution in [1.29, 1.82) is 0 Å². The van der Waals surface area contributed by atoms with Crippen LogP contribution in [0.15, 0.2) is 12.2 Å². The highest BCUT2D eigenvalue weighted by Crippen LogP contribution is 2.22. The zero-order chi connectivity index (χ0) is 7.68. The summed E-state index contributed by atoms with van der Waals surface area (Å²) in [6, 6.07) is 0. The standard InChI is InChI=1S/C9H14O2/c1-7-3-2-4-8(11-7)5-9-6-10-9/h2,4,7-9H,3,5-6H2,1H3/t7-,8+,9-/m0/s1. The van der Waals surface area contributed by atoms with E-state index in [2.05, 4.69) is 19.1 Å². The number of ether oxygens (including phenoxy) is 2. The molecule has 2 heteroatoms. The number of hydrogen-bond donors (Lipinski definition) is 0. The van der Waals surface area contributed by atoms with Crippen LogP contribution in [0.3, 0.4) is 0 Å². The molecular weight excluding hydrogens is 140 g/mol. The SMILES string of the molecule is C[C@H]1CC=C[C@H](C[C@H]2CO2)O1. The van der Waals surface area contributed by atoms with E-state index < -0.39 is 0 Å². The highest BCUT2D eigenvalue weighted by molar-refractivity contribution is 4.97. The van der Waals surface area contributed by atoms with E-state index in [4.69, 9.17) is 9.47 Å². The van der Waals surface area contributed by atoms with E-state index in [9.17, 15) is 0 Å². The zero-order valence-corrected chi connectivity index (χ0v) is 6.82. The lowest BCUT2D eigenvalue weighted by Crippen LogP contribution is -2.22. The summed E-state index contributed by atoms with van der Waals surface area (Å²) in [6.07, 6.45) is 7.65. The van der Waals surface area contributed by atoms with E-state index >= 15 is 0 Å². The second-order valence-corrected chi connectivity index (χ2v) is 3.34. The number of hydrogen-bond acceptors (Lipinski definition) is 2. The van der Waals surface area contributed by atoms with E-state index in [1.165, 1.54) is 0 Å². The lowest BCUT2D eigenvalue weighted by atomic mass is 10.1. The summed E-state index contributed by atoms with van der Waals surface area (Å²) in [5.74, 6) is 0. The summed E-state index contributed by atoms with van der Waals surface area (Å²) in [4.78, 5) is 0. The number of epoxide rings is 1. The third-order valence-electron chi connectivity index (χ3n) is 2.12. The summed E-state index contributed by atoms with van der Waals surface area (Å²) < 4.78 is 10.8. The maximum absolute atomic E-state index is 5.67. The fourth-order valence-electron chi connectivity index (χ4n) is 1.42. The molecule has 2 rings (SSSR count).